The van der Waals surface area contributed by atoms with Crippen LogP contribution in [0.15, 0.2) is 42.5 Å². The number of hydrogen-bond donors (Lipinski definition) is 0. The SMILES string of the molecule is COc1ccc(CC(Cl)c2ccc(F)cc2Cl)cc1. The molecule has 0 aliphatic rings. The Labute approximate surface area is 121 Å². The van der Waals surface area contributed by atoms with Crippen LogP contribution in [0.1, 0.15) is 16.5 Å². The zero-order valence-electron chi connectivity index (χ0n) is 10.4. The lowest BCUT2D eigenvalue weighted by atomic mass is 10.0. The van der Waals surface area contributed by atoms with Crippen molar-refractivity contribution in [2.75, 3.05) is 7.11 Å². The van der Waals surface area contributed by atoms with E-state index in [0.29, 0.717) is 11.4 Å². The topological polar surface area (TPSA) is 9.23 Å². The van der Waals surface area contributed by atoms with Gasteiger partial charge in [-0.3, -0.25) is 0 Å². The summed E-state index contributed by atoms with van der Waals surface area (Å²) in [6.07, 6.45) is 0.622. The van der Waals surface area contributed by atoms with E-state index in [2.05, 4.69) is 0 Å². The molecule has 2 aromatic rings. The first kappa shape index (κ1) is 14.2. The van der Waals surface area contributed by atoms with Crippen molar-refractivity contribution in [2.45, 2.75) is 11.8 Å². The van der Waals surface area contributed by atoms with Crippen molar-refractivity contribution in [3.8, 4) is 5.75 Å². The third kappa shape index (κ3) is 3.62. The summed E-state index contributed by atoms with van der Waals surface area (Å²) >= 11 is 12.3. The summed E-state index contributed by atoms with van der Waals surface area (Å²) in [6.45, 7) is 0. The van der Waals surface area contributed by atoms with Crippen molar-refractivity contribution in [1.82, 2.24) is 0 Å². The van der Waals surface area contributed by atoms with Crippen molar-refractivity contribution in [1.29, 1.82) is 0 Å². The van der Waals surface area contributed by atoms with E-state index in [9.17, 15) is 4.39 Å². The molecule has 0 N–H and O–H groups in total. The fraction of sp³-hybridized carbons (Fsp3) is 0.200. The van der Waals surface area contributed by atoms with Crippen LogP contribution in [0.3, 0.4) is 0 Å². The van der Waals surface area contributed by atoms with Gasteiger partial charge in [-0.15, -0.1) is 11.6 Å². The maximum absolute atomic E-state index is 13.0. The molecule has 19 heavy (non-hydrogen) atoms. The monoisotopic (exact) mass is 298 g/mol. The molecule has 1 atom stereocenters. The number of rotatable bonds is 4. The first-order chi connectivity index (χ1) is 9.10. The molecule has 0 saturated carbocycles. The van der Waals surface area contributed by atoms with E-state index in [1.165, 1.54) is 12.1 Å². The van der Waals surface area contributed by atoms with Gasteiger partial charge in [-0.2, -0.15) is 0 Å². The number of ether oxygens (including phenoxy) is 1. The second-order valence-corrected chi connectivity index (χ2v) is 5.12. The van der Waals surface area contributed by atoms with Gasteiger partial charge < -0.3 is 4.74 Å². The predicted molar refractivity (Wildman–Crippen MR) is 76.7 cm³/mol. The number of alkyl halides is 1. The lowest BCUT2D eigenvalue weighted by molar-refractivity contribution is 0.414. The number of methoxy groups -OCH3 is 1. The molecule has 0 fully saturated rings. The Bertz CT molecular complexity index is 555. The van der Waals surface area contributed by atoms with Crippen molar-refractivity contribution in [3.63, 3.8) is 0 Å². The van der Waals surface area contributed by atoms with Gasteiger partial charge in [0, 0.05) is 5.02 Å². The minimum atomic E-state index is -0.359. The summed E-state index contributed by atoms with van der Waals surface area (Å²) in [5.41, 5.74) is 1.81. The number of benzene rings is 2. The van der Waals surface area contributed by atoms with Gasteiger partial charge in [0.1, 0.15) is 11.6 Å². The zero-order chi connectivity index (χ0) is 13.8. The molecule has 2 aromatic carbocycles. The highest BCUT2D eigenvalue weighted by Gasteiger charge is 2.13. The van der Waals surface area contributed by atoms with E-state index in [-0.39, 0.29) is 11.2 Å². The smallest absolute Gasteiger partial charge is 0.124 e. The highest BCUT2D eigenvalue weighted by molar-refractivity contribution is 6.32. The van der Waals surface area contributed by atoms with Gasteiger partial charge in [-0.25, -0.2) is 4.39 Å². The first-order valence-electron chi connectivity index (χ1n) is 5.82. The molecule has 1 unspecified atom stereocenters. The molecular formula is C15H13Cl2FO. The quantitative estimate of drug-likeness (QED) is 0.721. The van der Waals surface area contributed by atoms with E-state index < -0.39 is 0 Å². The minimum absolute atomic E-state index is 0.290. The molecule has 0 aliphatic carbocycles. The Morgan fingerprint density at radius 3 is 2.42 bits per heavy atom. The Kier molecular flexibility index (Phi) is 4.67. The van der Waals surface area contributed by atoms with Crippen LogP contribution < -0.4 is 4.74 Å². The molecule has 0 amide bonds. The predicted octanol–water partition coefficient (Wildman–Crippen LogP) is 5.01. The second-order valence-electron chi connectivity index (χ2n) is 4.19. The average molecular weight is 299 g/mol. The van der Waals surface area contributed by atoms with Crippen LogP contribution in [-0.4, -0.2) is 7.11 Å². The molecule has 0 saturated heterocycles. The molecule has 0 aromatic heterocycles. The second kappa shape index (κ2) is 6.27. The Morgan fingerprint density at radius 2 is 1.84 bits per heavy atom. The fourth-order valence-electron chi connectivity index (χ4n) is 1.83. The van der Waals surface area contributed by atoms with Gasteiger partial charge >= 0.3 is 0 Å². The van der Waals surface area contributed by atoms with Gasteiger partial charge in [0.2, 0.25) is 0 Å². The highest BCUT2D eigenvalue weighted by atomic mass is 35.5. The van der Waals surface area contributed by atoms with E-state index in [4.69, 9.17) is 27.9 Å². The minimum Gasteiger partial charge on any atom is -0.497 e. The van der Waals surface area contributed by atoms with Gasteiger partial charge in [0.15, 0.2) is 0 Å². The Morgan fingerprint density at radius 1 is 1.16 bits per heavy atom. The van der Waals surface area contributed by atoms with Crippen LogP contribution in [0.2, 0.25) is 5.02 Å². The third-order valence-corrected chi connectivity index (χ3v) is 3.59. The molecular weight excluding hydrogens is 286 g/mol. The zero-order valence-corrected chi connectivity index (χ0v) is 11.9. The maximum Gasteiger partial charge on any atom is 0.124 e. The van der Waals surface area contributed by atoms with Crippen molar-refractivity contribution < 1.29 is 9.13 Å². The summed E-state index contributed by atoms with van der Waals surface area (Å²) in [7, 11) is 1.62. The summed E-state index contributed by atoms with van der Waals surface area (Å²) in [5.74, 6) is 0.441. The lowest BCUT2D eigenvalue weighted by Gasteiger charge is -2.12. The summed E-state index contributed by atoms with van der Waals surface area (Å²) in [4.78, 5) is 0. The van der Waals surface area contributed by atoms with Gasteiger partial charge in [-0.05, 0) is 41.8 Å². The molecule has 0 radical (unpaired) electrons. The summed E-state index contributed by atoms with van der Waals surface area (Å²) in [6, 6.07) is 11.9. The van der Waals surface area contributed by atoms with Crippen LogP contribution in [0.5, 0.6) is 5.75 Å². The van der Waals surface area contributed by atoms with Gasteiger partial charge in [-0.1, -0.05) is 29.8 Å². The van der Waals surface area contributed by atoms with Crippen LogP contribution in [0.25, 0.3) is 0 Å². The van der Waals surface area contributed by atoms with E-state index >= 15 is 0 Å². The largest absolute Gasteiger partial charge is 0.497 e. The van der Waals surface area contributed by atoms with Crippen LogP contribution >= 0.6 is 23.2 Å². The molecule has 0 aliphatic heterocycles. The van der Waals surface area contributed by atoms with Gasteiger partial charge in [0.25, 0.3) is 0 Å². The van der Waals surface area contributed by atoms with E-state index in [0.717, 1.165) is 16.9 Å². The molecule has 4 heteroatoms. The lowest BCUT2D eigenvalue weighted by Crippen LogP contribution is -1.97. The van der Waals surface area contributed by atoms with Gasteiger partial charge in [0.05, 0.1) is 12.5 Å². The summed E-state index contributed by atoms with van der Waals surface area (Å²) in [5, 5.41) is 0.0648. The van der Waals surface area contributed by atoms with Crippen molar-refractivity contribution in [2.24, 2.45) is 0 Å². The summed E-state index contributed by atoms with van der Waals surface area (Å²) < 4.78 is 18.1. The molecule has 0 heterocycles. The maximum atomic E-state index is 13.0. The first-order valence-corrected chi connectivity index (χ1v) is 6.63. The Hall–Kier alpha value is -1.25. The molecule has 0 bridgehead atoms. The van der Waals surface area contributed by atoms with Crippen LogP contribution in [-0.2, 0) is 6.42 Å². The standard InChI is InChI=1S/C15H13Cl2FO/c1-19-12-5-2-10(3-6-12)8-14(16)13-7-4-11(18)9-15(13)17/h2-7,9,14H,8H2,1H3. The van der Waals surface area contributed by atoms with Crippen molar-refractivity contribution in [3.05, 3.63) is 64.4 Å². The Balaban J connectivity index is 2.13. The molecule has 0 spiro atoms. The van der Waals surface area contributed by atoms with Crippen molar-refractivity contribution >= 4 is 23.2 Å². The fourth-order valence-corrected chi connectivity index (χ4v) is 2.56. The highest BCUT2D eigenvalue weighted by Crippen LogP contribution is 2.31. The third-order valence-electron chi connectivity index (χ3n) is 2.87. The number of hydrogen-bond acceptors (Lipinski definition) is 1. The normalized spacial score (nSPS) is 12.2. The van der Waals surface area contributed by atoms with Crippen LogP contribution in [0, 0.1) is 5.82 Å². The van der Waals surface area contributed by atoms with E-state index in [1.54, 1.807) is 13.2 Å². The van der Waals surface area contributed by atoms with E-state index in [1.807, 2.05) is 24.3 Å². The van der Waals surface area contributed by atoms with Crippen LogP contribution in [0.4, 0.5) is 4.39 Å². The molecule has 2 rings (SSSR count). The average Bonchev–Trinajstić information content (AvgIpc) is 2.39. The molecule has 1 nitrogen and oxygen atoms in total. The number of halogens is 3. The molecule has 100 valence electrons.